The summed E-state index contributed by atoms with van der Waals surface area (Å²) in [5, 5.41) is 0. The zero-order valence-electron chi connectivity index (χ0n) is 31.1. The number of rotatable bonds is 4. The lowest BCUT2D eigenvalue weighted by molar-refractivity contribution is 0.436. The van der Waals surface area contributed by atoms with Gasteiger partial charge in [-0.15, -0.1) is 0 Å². The fourth-order valence-corrected chi connectivity index (χ4v) is 9.23. The van der Waals surface area contributed by atoms with Gasteiger partial charge in [0.25, 0.3) is 0 Å². The fourth-order valence-electron chi connectivity index (χ4n) is 9.23. The van der Waals surface area contributed by atoms with Crippen molar-refractivity contribution in [2.75, 3.05) is 4.90 Å². The highest BCUT2D eigenvalue weighted by Gasteiger charge is 2.51. The molecule has 8 aromatic carbocycles. The Bertz CT molecular complexity index is 2990. The number of hydrogen-bond donors (Lipinski definition) is 0. The first-order valence-electron chi connectivity index (χ1n) is 19.4. The molecule has 6 heteroatoms. The Morgan fingerprint density at radius 1 is 0.362 bits per heavy atom. The summed E-state index contributed by atoms with van der Waals surface area (Å²) in [5.74, 6) is 4.84. The first-order valence-corrected chi connectivity index (χ1v) is 19.4. The summed E-state index contributed by atoms with van der Waals surface area (Å²) >= 11 is 0. The van der Waals surface area contributed by atoms with Gasteiger partial charge in [-0.2, -0.15) is 9.97 Å². The third-order valence-corrected chi connectivity index (χ3v) is 11.6. The Labute approximate surface area is 335 Å². The minimum Gasteiger partial charge on any atom is -0.457 e. The van der Waals surface area contributed by atoms with E-state index in [1.807, 2.05) is 91.0 Å². The zero-order valence-corrected chi connectivity index (χ0v) is 31.1. The average molecular weight is 745 g/mol. The second-order valence-corrected chi connectivity index (χ2v) is 14.7. The number of benzene rings is 8. The maximum Gasteiger partial charge on any atom is 0.239 e. The van der Waals surface area contributed by atoms with Crippen LogP contribution in [0.25, 0.3) is 45.0 Å². The Morgan fingerprint density at radius 2 is 0.862 bits per heavy atom. The molecular weight excluding hydrogens is 713 g/mol. The van der Waals surface area contributed by atoms with Crippen molar-refractivity contribution < 1.29 is 9.47 Å². The van der Waals surface area contributed by atoms with E-state index in [0.717, 1.165) is 62.0 Å². The molecule has 3 heterocycles. The van der Waals surface area contributed by atoms with Crippen LogP contribution >= 0.6 is 0 Å². The van der Waals surface area contributed by atoms with Gasteiger partial charge in [0.2, 0.25) is 5.95 Å². The van der Waals surface area contributed by atoms with Gasteiger partial charge in [0, 0.05) is 27.8 Å². The minimum atomic E-state index is -0.589. The molecule has 9 aromatic rings. The Balaban J connectivity index is 1.11. The number of aromatic nitrogens is 3. The summed E-state index contributed by atoms with van der Waals surface area (Å²) in [7, 11) is 0. The molecule has 3 aliphatic rings. The van der Waals surface area contributed by atoms with Crippen molar-refractivity contribution in [2.45, 2.75) is 5.41 Å². The van der Waals surface area contributed by atoms with Gasteiger partial charge in [0.1, 0.15) is 11.5 Å². The maximum atomic E-state index is 7.01. The molecular formula is C52H32N4O2. The molecule has 0 amide bonds. The molecule has 1 aromatic heterocycles. The molecule has 0 radical (unpaired) electrons. The van der Waals surface area contributed by atoms with Crippen LogP contribution in [0.4, 0.5) is 17.3 Å². The van der Waals surface area contributed by atoms with E-state index >= 15 is 0 Å². The van der Waals surface area contributed by atoms with Crippen molar-refractivity contribution >= 4 is 17.3 Å². The van der Waals surface area contributed by atoms with Gasteiger partial charge < -0.3 is 9.47 Å². The van der Waals surface area contributed by atoms with Crippen molar-refractivity contribution in [3.63, 3.8) is 0 Å². The number of ether oxygens (including phenoxy) is 2. The molecule has 6 nitrogen and oxygen atoms in total. The molecule has 58 heavy (non-hydrogen) atoms. The van der Waals surface area contributed by atoms with E-state index in [1.54, 1.807) is 0 Å². The van der Waals surface area contributed by atoms with Crippen molar-refractivity contribution in [1.82, 2.24) is 15.0 Å². The molecule has 0 saturated heterocycles. The van der Waals surface area contributed by atoms with Crippen LogP contribution < -0.4 is 14.4 Å². The predicted octanol–water partition coefficient (Wildman–Crippen LogP) is 12.9. The molecule has 1 spiro atoms. The van der Waals surface area contributed by atoms with Crippen molar-refractivity contribution in [1.29, 1.82) is 0 Å². The number of anilines is 3. The van der Waals surface area contributed by atoms with Crippen LogP contribution in [-0.2, 0) is 5.41 Å². The number of nitrogens with zero attached hydrogens (tertiary/aromatic N) is 4. The largest absolute Gasteiger partial charge is 0.457 e. The van der Waals surface area contributed by atoms with Crippen LogP contribution in [0.2, 0.25) is 0 Å². The third kappa shape index (κ3) is 4.63. The molecule has 2 aliphatic heterocycles. The number of fused-ring (bicyclic) bond motifs is 11. The van der Waals surface area contributed by atoms with Crippen LogP contribution in [0.15, 0.2) is 194 Å². The first kappa shape index (κ1) is 32.4. The van der Waals surface area contributed by atoms with Crippen LogP contribution in [0.3, 0.4) is 0 Å². The van der Waals surface area contributed by atoms with E-state index in [9.17, 15) is 0 Å². The van der Waals surface area contributed by atoms with Gasteiger partial charge in [-0.25, -0.2) is 4.98 Å². The van der Waals surface area contributed by atoms with Crippen LogP contribution in [0.5, 0.6) is 23.0 Å². The Hall–Kier alpha value is -7.83. The highest BCUT2D eigenvalue weighted by atomic mass is 16.5. The summed E-state index contributed by atoms with van der Waals surface area (Å²) in [5.41, 5.74) is 12.0. The van der Waals surface area contributed by atoms with Gasteiger partial charge in [-0.1, -0.05) is 164 Å². The fraction of sp³-hybridized carbons (Fsp3) is 0.0192. The molecule has 272 valence electrons. The lowest BCUT2D eigenvalue weighted by atomic mass is 9.66. The Morgan fingerprint density at radius 3 is 1.55 bits per heavy atom. The SMILES string of the molecule is c1ccc(-c2nc(-c3ccccc3)nc(N3c4ccccc4Oc4c(-c5cccc6c5-c5ccccc5C65c6ccccc6Oc6ccccc65)cccc43)n2)cc1. The van der Waals surface area contributed by atoms with Crippen LogP contribution in [0.1, 0.15) is 22.3 Å². The molecule has 12 rings (SSSR count). The minimum absolute atomic E-state index is 0.500. The molecule has 0 N–H and O–H groups in total. The van der Waals surface area contributed by atoms with Gasteiger partial charge >= 0.3 is 0 Å². The predicted molar refractivity (Wildman–Crippen MR) is 228 cm³/mol. The normalized spacial score (nSPS) is 13.6. The summed E-state index contributed by atoms with van der Waals surface area (Å²) in [4.78, 5) is 17.5. The van der Waals surface area contributed by atoms with E-state index in [-0.39, 0.29) is 0 Å². The summed E-state index contributed by atoms with van der Waals surface area (Å²) in [6.45, 7) is 0. The standard InChI is InChI=1S/C52H32N4O2/c1-3-17-33(18-4-1)49-53-50(34-19-5-2-6-20-34)55-51(54-49)56-42-28-11-14-32-46(42)58-48-36(23-16-29-43(48)56)35-22-15-27-41-47(35)37-21-7-8-24-38(37)52(41)39-25-9-12-30-44(39)57-45-31-13-10-26-40(45)52/h1-32H. The van der Waals surface area contributed by atoms with E-state index in [1.165, 1.54) is 22.3 Å². The van der Waals surface area contributed by atoms with Crippen LogP contribution in [-0.4, -0.2) is 15.0 Å². The van der Waals surface area contributed by atoms with Crippen LogP contribution in [0, 0.1) is 0 Å². The van der Waals surface area contributed by atoms with Crippen molar-refractivity contribution in [3.05, 3.63) is 216 Å². The van der Waals surface area contributed by atoms with Crippen molar-refractivity contribution in [2.24, 2.45) is 0 Å². The number of hydrogen-bond acceptors (Lipinski definition) is 6. The van der Waals surface area contributed by atoms with Gasteiger partial charge in [0.15, 0.2) is 23.1 Å². The zero-order chi connectivity index (χ0) is 38.2. The molecule has 1 aliphatic carbocycles. The molecule has 0 fully saturated rings. The Kier molecular flexibility index (Phi) is 7.04. The van der Waals surface area contributed by atoms with E-state index in [0.29, 0.717) is 23.3 Å². The third-order valence-electron chi connectivity index (χ3n) is 11.6. The lowest BCUT2D eigenvalue weighted by Crippen LogP contribution is -2.32. The molecule has 0 atom stereocenters. The lowest BCUT2D eigenvalue weighted by Gasteiger charge is -2.39. The second kappa shape index (κ2) is 12.6. The summed E-state index contributed by atoms with van der Waals surface area (Å²) < 4.78 is 13.6. The molecule has 0 saturated carbocycles. The van der Waals surface area contributed by atoms with Gasteiger partial charge in [0.05, 0.1) is 16.8 Å². The van der Waals surface area contributed by atoms with E-state index in [4.69, 9.17) is 24.4 Å². The summed E-state index contributed by atoms with van der Waals surface area (Å²) in [6.07, 6.45) is 0. The molecule has 0 bridgehead atoms. The molecule has 0 unspecified atom stereocenters. The maximum absolute atomic E-state index is 7.01. The smallest absolute Gasteiger partial charge is 0.239 e. The summed E-state index contributed by atoms with van der Waals surface area (Å²) in [6, 6.07) is 67.0. The second-order valence-electron chi connectivity index (χ2n) is 14.7. The quantitative estimate of drug-likeness (QED) is 0.179. The highest BCUT2D eigenvalue weighted by molar-refractivity contribution is 6.00. The highest BCUT2D eigenvalue weighted by Crippen LogP contribution is 2.64. The van der Waals surface area contributed by atoms with Gasteiger partial charge in [-0.05, 0) is 58.1 Å². The van der Waals surface area contributed by atoms with E-state index in [2.05, 4.69) is 108 Å². The average Bonchev–Trinajstić information content (AvgIpc) is 3.59. The van der Waals surface area contributed by atoms with E-state index < -0.39 is 5.41 Å². The first-order chi connectivity index (χ1) is 28.8. The van der Waals surface area contributed by atoms with Gasteiger partial charge in [-0.3, -0.25) is 4.90 Å². The monoisotopic (exact) mass is 744 g/mol. The van der Waals surface area contributed by atoms with Crippen molar-refractivity contribution in [3.8, 4) is 68.0 Å². The topological polar surface area (TPSA) is 60.4 Å². The number of para-hydroxylation sites is 5.